The van der Waals surface area contributed by atoms with Gasteiger partial charge in [-0.05, 0) is 19.3 Å². The molecule has 2 heteroatoms. The first-order valence-electron chi connectivity index (χ1n) is 18.0. The Morgan fingerprint density at radius 3 is 1.00 bits per heavy atom. The monoisotopic (exact) mass is 549 g/mol. The van der Waals surface area contributed by atoms with Crippen LogP contribution < -0.4 is 0 Å². The smallest absolute Gasteiger partial charge is 0.330 e. The number of carboxylic acids is 1. The third-order valence-corrected chi connectivity index (χ3v) is 8.78. The van der Waals surface area contributed by atoms with E-state index in [1.54, 1.807) is 6.92 Å². The highest BCUT2D eigenvalue weighted by atomic mass is 16.4. The molecule has 0 radical (unpaired) electrons. The molecule has 0 aliphatic carbocycles. The lowest BCUT2D eigenvalue weighted by Crippen LogP contribution is -2.02. The lowest BCUT2D eigenvalue weighted by molar-refractivity contribution is -0.132. The quantitative estimate of drug-likeness (QED) is 0.0670. The van der Waals surface area contributed by atoms with Crippen LogP contribution in [0.25, 0.3) is 0 Å². The minimum absolute atomic E-state index is 0.517. The lowest BCUT2D eigenvalue weighted by Gasteiger charge is -2.15. The molecule has 2 nitrogen and oxygen atoms in total. The molecule has 1 N–H and O–H groups in total. The van der Waals surface area contributed by atoms with Crippen LogP contribution in [0.15, 0.2) is 11.6 Å². The molecule has 0 spiro atoms. The van der Waals surface area contributed by atoms with E-state index in [2.05, 4.69) is 13.8 Å². The highest BCUT2D eigenvalue weighted by molar-refractivity contribution is 5.85. The molecule has 0 saturated heterocycles. The molecule has 0 aromatic heterocycles. The molecule has 0 amide bonds. The fourth-order valence-corrected chi connectivity index (χ4v) is 5.89. The van der Waals surface area contributed by atoms with Crippen LogP contribution in [0.5, 0.6) is 0 Å². The van der Waals surface area contributed by atoms with Crippen LogP contribution >= 0.6 is 0 Å². The summed E-state index contributed by atoms with van der Waals surface area (Å²) in [5.74, 6) is -0.0889. The Labute approximate surface area is 246 Å². The molecule has 0 rings (SSSR count). The molecule has 39 heavy (non-hydrogen) atoms. The van der Waals surface area contributed by atoms with Crippen LogP contribution in [0.4, 0.5) is 0 Å². The minimum atomic E-state index is -0.761. The van der Waals surface area contributed by atoms with Crippen molar-refractivity contribution in [2.75, 3.05) is 0 Å². The maximum atomic E-state index is 11.2. The Balaban J connectivity index is 3.64. The van der Waals surface area contributed by atoms with Crippen molar-refractivity contribution in [1.82, 2.24) is 0 Å². The third-order valence-electron chi connectivity index (χ3n) is 8.78. The zero-order valence-corrected chi connectivity index (χ0v) is 27.2. The van der Waals surface area contributed by atoms with Crippen LogP contribution in [0.3, 0.4) is 0 Å². The summed E-state index contributed by atoms with van der Waals surface area (Å²) in [5.41, 5.74) is 0.517. The number of aliphatic carboxylic acids is 1. The van der Waals surface area contributed by atoms with Gasteiger partial charge in [0.1, 0.15) is 0 Å². The van der Waals surface area contributed by atoms with Crippen LogP contribution in [-0.4, -0.2) is 11.1 Å². The predicted molar refractivity (Wildman–Crippen MR) is 175 cm³/mol. The molecule has 0 saturated carbocycles. The average molecular weight is 549 g/mol. The van der Waals surface area contributed by atoms with Crippen molar-refractivity contribution in [1.29, 1.82) is 0 Å². The summed E-state index contributed by atoms with van der Waals surface area (Å²) in [4.78, 5) is 11.2. The molecular weight excluding hydrogens is 476 g/mol. The Kier molecular flexibility index (Phi) is 31.1. The molecule has 0 heterocycles. The first kappa shape index (κ1) is 38.2. The number of hydrogen-bond donors (Lipinski definition) is 1. The van der Waals surface area contributed by atoms with Crippen LogP contribution in [0.1, 0.15) is 213 Å². The van der Waals surface area contributed by atoms with Gasteiger partial charge in [0.15, 0.2) is 0 Å². The second kappa shape index (κ2) is 31.7. The fourth-order valence-electron chi connectivity index (χ4n) is 5.89. The third kappa shape index (κ3) is 30.0. The van der Waals surface area contributed by atoms with E-state index < -0.39 is 5.97 Å². The van der Waals surface area contributed by atoms with E-state index in [0.717, 1.165) is 6.42 Å². The maximum Gasteiger partial charge on any atom is 0.330 e. The Bertz CT molecular complexity index is 524. The predicted octanol–water partition coefficient (Wildman–Crippen LogP) is 13.4. The zero-order chi connectivity index (χ0) is 28.7. The molecular formula is C37H72O2. The molecule has 1 atom stereocenters. The second-order valence-electron chi connectivity index (χ2n) is 12.7. The molecule has 0 fully saturated rings. The number of rotatable bonds is 32. The molecule has 1 unspecified atom stereocenters. The van der Waals surface area contributed by atoms with Gasteiger partial charge in [-0.1, -0.05) is 206 Å². The van der Waals surface area contributed by atoms with E-state index >= 15 is 0 Å². The van der Waals surface area contributed by atoms with Gasteiger partial charge in [-0.15, -0.1) is 0 Å². The fraction of sp³-hybridized carbons (Fsp3) is 0.919. The Morgan fingerprint density at radius 2 is 0.744 bits per heavy atom. The number of allylic oxidation sites excluding steroid dienone is 1. The first-order chi connectivity index (χ1) is 19.1. The number of hydrogen-bond acceptors (Lipinski definition) is 1. The molecule has 0 bridgehead atoms. The summed E-state index contributed by atoms with van der Waals surface area (Å²) in [6.07, 6.45) is 43.6. The zero-order valence-electron chi connectivity index (χ0n) is 27.2. The summed E-state index contributed by atoms with van der Waals surface area (Å²) >= 11 is 0. The van der Waals surface area contributed by atoms with Gasteiger partial charge in [0.25, 0.3) is 0 Å². The minimum Gasteiger partial charge on any atom is -0.478 e. The Morgan fingerprint density at radius 1 is 0.487 bits per heavy atom. The van der Waals surface area contributed by atoms with Crippen LogP contribution in [0, 0.1) is 5.92 Å². The van der Waals surface area contributed by atoms with E-state index in [9.17, 15) is 9.90 Å². The van der Waals surface area contributed by atoms with Crippen LogP contribution in [-0.2, 0) is 4.79 Å². The number of carboxylic acid groups (broad SMARTS) is 1. The van der Waals surface area contributed by atoms with Crippen molar-refractivity contribution in [2.45, 2.75) is 213 Å². The van der Waals surface area contributed by atoms with Gasteiger partial charge < -0.3 is 5.11 Å². The highest BCUT2D eigenvalue weighted by Gasteiger charge is 2.09. The topological polar surface area (TPSA) is 37.3 Å². The van der Waals surface area contributed by atoms with E-state index in [1.165, 1.54) is 186 Å². The summed E-state index contributed by atoms with van der Waals surface area (Å²) < 4.78 is 0. The van der Waals surface area contributed by atoms with Crippen molar-refractivity contribution in [2.24, 2.45) is 5.92 Å². The normalized spacial score (nSPS) is 12.7. The maximum absolute atomic E-state index is 11.2. The molecule has 0 aliphatic rings. The van der Waals surface area contributed by atoms with E-state index in [0.29, 0.717) is 11.5 Å². The van der Waals surface area contributed by atoms with Crippen LogP contribution in [0.2, 0.25) is 0 Å². The number of carbonyl (C=O) groups is 1. The van der Waals surface area contributed by atoms with Crippen molar-refractivity contribution in [3.63, 3.8) is 0 Å². The van der Waals surface area contributed by atoms with E-state index in [1.807, 2.05) is 6.08 Å². The van der Waals surface area contributed by atoms with Crippen molar-refractivity contribution in [3.05, 3.63) is 11.6 Å². The lowest BCUT2D eigenvalue weighted by atomic mass is 9.90. The summed E-state index contributed by atoms with van der Waals surface area (Å²) in [6.45, 7) is 6.31. The molecule has 0 aromatic carbocycles. The standard InChI is InChI=1S/C37H72O2/c1-4-6-8-10-12-13-14-15-16-17-18-19-20-21-22-23-24-26-28-30-32-36(34-33-35(3)37(38)39)31-29-27-25-11-9-7-5-2/h33,36H,4-32,34H2,1-3H3,(H,38,39). The van der Waals surface area contributed by atoms with Crippen molar-refractivity contribution in [3.8, 4) is 0 Å². The molecule has 232 valence electrons. The van der Waals surface area contributed by atoms with Gasteiger partial charge in [0, 0.05) is 5.57 Å². The summed E-state index contributed by atoms with van der Waals surface area (Å²) in [5, 5.41) is 9.19. The van der Waals surface area contributed by atoms with Crippen molar-refractivity contribution >= 4 is 5.97 Å². The van der Waals surface area contributed by atoms with Gasteiger partial charge in [-0.3, -0.25) is 0 Å². The van der Waals surface area contributed by atoms with Gasteiger partial charge >= 0.3 is 5.97 Å². The Hall–Kier alpha value is -0.790. The molecule has 0 aliphatic heterocycles. The summed E-state index contributed by atoms with van der Waals surface area (Å²) in [7, 11) is 0. The second-order valence-corrected chi connectivity index (χ2v) is 12.7. The first-order valence-corrected chi connectivity index (χ1v) is 18.0. The van der Waals surface area contributed by atoms with Gasteiger partial charge in [0.05, 0.1) is 0 Å². The largest absolute Gasteiger partial charge is 0.478 e. The SMILES string of the molecule is CCCCCCCCCCCCCCCCCCCCCCC(CC=C(C)C(=O)O)CCCCCCCCC. The van der Waals surface area contributed by atoms with Gasteiger partial charge in [-0.25, -0.2) is 4.79 Å². The number of unbranched alkanes of at least 4 members (excludes halogenated alkanes) is 25. The van der Waals surface area contributed by atoms with Crippen molar-refractivity contribution < 1.29 is 9.90 Å². The summed E-state index contributed by atoms with van der Waals surface area (Å²) in [6, 6.07) is 0. The average Bonchev–Trinajstić information content (AvgIpc) is 2.93. The van der Waals surface area contributed by atoms with E-state index in [4.69, 9.17) is 0 Å². The molecule has 0 aromatic rings. The van der Waals surface area contributed by atoms with Gasteiger partial charge in [0.2, 0.25) is 0 Å². The highest BCUT2D eigenvalue weighted by Crippen LogP contribution is 2.23. The van der Waals surface area contributed by atoms with E-state index in [-0.39, 0.29) is 0 Å². The van der Waals surface area contributed by atoms with Gasteiger partial charge in [-0.2, -0.15) is 0 Å².